The van der Waals surface area contributed by atoms with Crippen molar-refractivity contribution in [1.29, 1.82) is 0 Å². The van der Waals surface area contributed by atoms with E-state index in [0.717, 1.165) is 17.2 Å². The quantitative estimate of drug-likeness (QED) is 0.501. The number of aryl methyl sites for hydroxylation is 1. The van der Waals surface area contributed by atoms with Gasteiger partial charge in [-0.2, -0.15) is 13.2 Å². The Labute approximate surface area is 214 Å². The Morgan fingerprint density at radius 1 is 1.11 bits per heavy atom. The van der Waals surface area contributed by atoms with Crippen molar-refractivity contribution in [3.05, 3.63) is 59.5 Å². The Hall–Kier alpha value is -3.27. The lowest BCUT2D eigenvalue weighted by atomic mass is 9.66. The molecule has 3 heterocycles. The molecule has 10 heteroatoms. The number of aliphatic hydroxyl groups is 1. The second kappa shape index (κ2) is 9.55. The van der Waals surface area contributed by atoms with Crippen LogP contribution in [-0.4, -0.2) is 50.0 Å². The number of carbonyl (C=O) groups excluding carboxylic acids is 1. The van der Waals surface area contributed by atoms with E-state index in [9.17, 15) is 23.1 Å². The number of nitrogens with zero attached hydrogens (tertiary/aromatic N) is 4. The number of rotatable bonds is 5. The zero-order chi connectivity index (χ0) is 27.2. The SMILES string of the molecule is Cc1ccc([C@@]2(O)CCN(C(=O)[C@H](Nc3ncnc4ccc(C(F)(F)F)nc34)C(C)C)CC2(C)C)cc1. The number of likely N-dealkylation sites (tertiary alicyclic amines) is 1. The van der Waals surface area contributed by atoms with Crippen molar-refractivity contribution in [2.45, 2.75) is 58.9 Å². The van der Waals surface area contributed by atoms with E-state index < -0.39 is 28.9 Å². The number of carbonyl (C=O) groups is 1. The second-order valence-corrected chi connectivity index (χ2v) is 10.8. The van der Waals surface area contributed by atoms with Crippen LogP contribution in [0.4, 0.5) is 19.0 Å². The smallest absolute Gasteiger partial charge is 0.384 e. The molecule has 0 unspecified atom stereocenters. The zero-order valence-corrected chi connectivity index (χ0v) is 21.6. The first-order valence-electron chi connectivity index (χ1n) is 12.3. The molecular formula is C27H32F3N5O2. The molecule has 1 aliphatic rings. The molecule has 1 fully saturated rings. The number of nitrogens with one attached hydrogen (secondary N) is 1. The van der Waals surface area contributed by atoms with Crippen LogP contribution < -0.4 is 5.32 Å². The minimum absolute atomic E-state index is 0.0523. The number of hydrogen-bond donors (Lipinski definition) is 2. The van der Waals surface area contributed by atoms with Gasteiger partial charge in [-0.15, -0.1) is 0 Å². The van der Waals surface area contributed by atoms with E-state index in [1.54, 1.807) is 4.90 Å². The van der Waals surface area contributed by atoms with Gasteiger partial charge in [-0.1, -0.05) is 57.5 Å². The molecule has 1 amide bonds. The first kappa shape index (κ1) is 26.8. The average Bonchev–Trinajstić information content (AvgIpc) is 2.83. The molecular weight excluding hydrogens is 483 g/mol. The number of piperidine rings is 1. The van der Waals surface area contributed by atoms with Gasteiger partial charge in [0, 0.05) is 18.5 Å². The van der Waals surface area contributed by atoms with Crippen LogP contribution >= 0.6 is 0 Å². The van der Waals surface area contributed by atoms with Gasteiger partial charge in [-0.05, 0) is 37.0 Å². The molecule has 1 saturated heterocycles. The van der Waals surface area contributed by atoms with Crippen LogP contribution in [0, 0.1) is 18.3 Å². The lowest BCUT2D eigenvalue weighted by Crippen LogP contribution is -2.59. The Kier molecular flexibility index (Phi) is 6.92. The van der Waals surface area contributed by atoms with Crippen molar-refractivity contribution in [3.8, 4) is 0 Å². The maximum Gasteiger partial charge on any atom is 0.433 e. The second-order valence-electron chi connectivity index (χ2n) is 10.8. The van der Waals surface area contributed by atoms with E-state index in [1.807, 2.05) is 58.9 Å². The van der Waals surface area contributed by atoms with Crippen LogP contribution in [0.15, 0.2) is 42.7 Å². The number of alkyl halides is 3. The van der Waals surface area contributed by atoms with Crippen LogP contribution in [0.2, 0.25) is 0 Å². The molecule has 4 rings (SSSR count). The summed E-state index contributed by atoms with van der Waals surface area (Å²) in [5.41, 5.74) is -0.725. The third-order valence-electron chi connectivity index (χ3n) is 7.29. The van der Waals surface area contributed by atoms with Crippen LogP contribution in [0.25, 0.3) is 11.0 Å². The van der Waals surface area contributed by atoms with Crippen LogP contribution in [-0.2, 0) is 16.6 Å². The lowest BCUT2D eigenvalue weighted by molar-refractivity contribution is -0.154. The molecule has 2 aromatic heterocycles. The third kappa shape index (κ3) is 5.12. The summed E-state index contributed by atoms with van der Waals surface area (Å²) in [5.74, 6) is -0.354. The van der Waals surface area contributed by atoms with Gasteiger partial charge in [0.05, 0.1) is 11.1 Å². The molecule has 2 atom stereocenters. The zero-order valence-electron chi connectivity index (χ0n) is 21.6. The molecule has 0 spiro atoms. The largest absolute Gasteiger partial charge is 0.433 e. The maximum absolute atomic E-state index is 13.7. The number of benzene rings is 1. The van der Waals surface area contributed by atoms with Gasteiger partial charge in [-0.25, -0.2) is 15.0 Å². The van der Waals surface area contributed by atoms with E-state index in [2.05, 4.69) is 20.3 Å². The summed E-state index contributed by atoms with van der Waals surface area (Å²) >= 11 is 0. The molecule has 1 aliphatic heterocycles. The Balaban J connectivity index is 1.60. The Morgan fingerprint density at radius 2 is 1.78 bits per heavy atom. The topological polar surface area (TPSA) is 91.2 Å². The number of fused-ring (bicyclic) bond motifs is 1. The van der Waals surface area contributed by atoms with E-state index in [0.29, 0.717) is 19.5 Å². The summed E-state index contributed by atoms with van der Waals surface area (Å²) < 4.78 is 39.8. The first-order chi connectivity index (χ1) is 17.2. The molecule has 7 nitrogen and oxygen atoms in total. The van der Waals surface area contributed by atoms with Crippen molar-refractivity contribution in [2.75, 3.05) is 18.4 Å². The number of pyridine rings is 1. The van der Waals surface area contributed by atoms with Gasteiger partial charge >= 0.3 is 6.18 Å². The fourth-order valence-corrected chi connectivity index (χ4v) is 4.94. The number of amides is 1. The Bertz CT molecular complexity index is 1290. The fourth-order valence-electron chi connectivity index (χ4n) is 4.94. The molecule has 198 valence electrons. The summed E-state index contributed by atoms with van der Waals surface area (Å²) in [6.07, 6.45) is -3.04. The van der Waals surface area contributed by atoms with Crippen LogP contribution in [0.3, 0.4) is 0 Å². The highest BCUT2D eigenvalue weighted by atomic mass is 19.4. The van der Waals surface area contributed by atoms with E-state index in [1.165, 1.54) is 12.4 Å². The summed E-state index contributed by atoms with van der Waals surface area (Å²) in [6, 6.07) is 9.12. The van der Waals surface area contributed by atoms with Gasteiger partial charge < -0.3 is 15.3 Å². The predicted molar refractivity (Wildman–Crippen MR) is 135 cm³/mol. The monoisotopic (exact) mass is 515 g/mol. The summed E-state index contributed by atoms with van der Waals surface area (Å²) in [7, 11) is 0. The normalized spacial score (nSPS) is 20.8. The van der Waals surface area contributed by atoms with Gasteiger partial charge in [0.2, 0.25) is 5.91 Å². The molecule has 0 radical (unpaired) electrons. The van der Waals surface area contributed by atoms with Gasteiger partial charge in [0.15, 0.2) is 5.82 Å². The fraction of sp³-hybridized carbons (Fsp3) is 0.481. The highest BCUT2D eigenvalue weighted by molar-refractivity contribution is 5.90. The molecule has 0 bridgehead atoms. The van der Waals surface area contributed by atoms with Crippen LogP contribution in [0.1, 0.15) is 50.9 Å². The van der Waals surface area contributed by atoms with Gasteiger partial charge in [-0.3, -0.25) is 4.79 Å². The number of halogens is 3. The van der Waals surface area contributed by atoms with Crippen molar-refractivity contribution in [2.24, 2.45) is 11.3 Å². The van der Waals surface area contributed by atoms with E-state index in [-0.39, 0.29) is 28.7 Å². The van der Waals surface area contributed by atoms with Crippen molar-refractivity contribution < 1.29 is 23.1 Å². The predicted octanol–water partition coefficient (Wildman–Crippen LogP) is 4.93. The highest BCUT2D eigenvalue weighted by Gasteiger charge is 2.50. The summed E-state index contributed by atoms with van der Waals surface area (Å²) in [4.78, 5) is 27.3. The molecule has 0 aliphatic carbocycles. The molecule has 2 N–H and O–H groups in total. The number of hydrogen-bond acceptors (Lipinski definition) is 6. The van der Waals surface area contributed by atoms with E-state index >= 15 is 0 Å². The maximum atomic E-state index is 13.7. The number of aromatic nitrogens is 3. The number of anilines is 1. The lowest BCUT2D eigenvalue weighted by Gasteiger charge is -2.51. The summed E-state index contributed by atoms with van der Waals surface area (Å²) in [6.45, 7) is 10.2. The first-order valence-corrected chi connectivity index (χ1v) is 12.3. The van der Waals surface area contributed by atoms with Crippen molar-refractivity contribution >= 4 is 22.8 Å². The molecule has 3 aromatic rings. The standard InChI is InChI=1S/C27H32F3N5O2/c1-16(2)21(34-23-22-19(31-15-32-23)10-11-20(33-22)27(28,29)30)24(36)35-13-12-26(37,25(4,5)14-35)18-8-6-17(3)7-9-18/h6-11,15-16,21,37H,12-14H2,1-5H3,(H,31,32,34)/t21-,26+/m1/s1. The Morgan fingerprint density at radius 3 is 2.38 bits per heavy atom. The van der Waals surface area contributed by atoms with Crippen molar-refractivity contribution in [3.63, 3.8) is 0 Å². The highest BCUT2D eigenvalue weighted by Crippen LogP contribution is 2.46. The van der Waals surface area contributed by atoms with Crippen molar-refractivity contribution in [1.82, 2.24) is 19.9 Å². The minimum atomic E-state index is -4.62. The van der Waals surface area contributed by atoms with Gasteiger partial charge in [0.1, 0.15) is 23.6 Å². The molecule has 1 aromatic carbocycles. The summed E-state index contributed by atoms with van der Waals surface area (Å²) in [5, 5.41) is 14.7. The molecule has 0 saturated carbocycles. The van der Waals surface area contributed by atoms with Gasteiger partial charge in [0.25, 0.3) is 0 Å². The van der Waals surface area contributed by atoms with E-state index in [4.69, 9.17) is 0 Å². The van der Waals surface area contributed by atoms with Crippen LogP contribution in [0.5, 0.6) is 0 Å². The third-order valence-corrected chi connectivity index (χ3v) is 7.29. The minimum Gasteiger partial charge on any atom is -0.384 e. The average molecular weight is 516 g/mol. The molecule has 37 heavy (non-hydrogen) atoms.